The van der Waals surface area contributed by atoms with Crippen LogP contribution in [0.3, 0.4) is 0 Å². The smallest absolute Gasteiger partial charge is 0.138 e. The van der Waals surface area contributed by atoms with Crippen LogP contribution in [0.25, 0.3) is 0 Å². The van der Waals surface area contributed by atoms with Gasteiger partial charge in [0.25, 0.3) is 0 Å². The molecule has 1 atom stereocenters. The number of hydrogen-bond donors (Lipinski definition) is 1. The van der Waals surface area contributed by atoms with Crippen molar-refractivity contribution in [1.29, 1.82) is 0 Å². The molecule has 2 rings (SSSR count). The summed E-state index contributed by atoms with van der Waals surface area (Å²) >= 11 is 0. The molecule has 0 fully saturated rings. The third-order valence-corrected chi connectivity index (χ3v) is 2.63. The van der Waals surface area contributed by atoms with Crippen LogP contribution in [0.2, 0.25) is 0 Å². The molecule has 4 heteroatoms. The summed E-state index contributed by atoms with van der Waals surface area (Å²) in [6.45, 7) is 5.85. The van der Waals surface area contributed by atoms with Crippen molar-refractivity contribution in [1.82, 2.24) is 9.97 Å². The van der Waals surface area contributed by atoms with Crippen LogP contribution in [-0.2, 0) is 0 Å². The Labute approximate surface area is 113 Å². The Kier molecular flexibility index (Phi) is 4.12. The second-order valence-corrected chi connectivity index (χ2v) is 4.82. The maximum Gasteiger partial charge on any atom is 0.138 e. The molecule has 1 unspecified atom stereocenters. The van der Waals surface area contributed by atoms with Gasteiger partial charge in [0.2, 0.25) is 0 Å². The Balaban J connectivity index is 2.26. The largest absolute Gasteiger partial charge is 0.489 e. The number of hydrogen-bond acceptors (Lipinski definition) is 4. The zero-order valence-electron chi connectivity index (χ0n) is 11.4. The molecule has 2 aromatic heterocycles. The maximum absolute atomic E-state index is 10.3. The topological polar surface area (TPSA) is 55.2 Å². The minimum atomic E-state index is -0.740. The molecule has 0 aliphatic rings. The van der Waals surface area contributed by atoms with Crippen LogP contribution < -0.4 is 4.74 Å². The Hall–Kier alpha value is -1.94. The van der Waals surface area contributed by atoms with Crippen molar-refractivity contribution in [2.24, 2.45) is 0 Å². The van der Waals surface area contributed by atoms with Gasteiger partial charge < -0.3 is 9.84 Å². The number of aliphatic hydroxyl groups is 1. The van der Waals surface area contributed by atoms with Crippen molar-refractivity contribution < 1.29 is 9.84 Å². The highest BCUT2D eigenvalue weighted by atomic mass is 16.5. The predicted octanol–water partition coefficient (Wildman–Crippen LogP) is 2.65. The van der Waals surface area contributed by atoms with Crippen LogP contribution in [0.4, 0.5) is 0 Å². The highest BCUT2D eigenvalue weighted by Gasteiger charge is 2.12. The second kappa shape index (κ2) is 5.80. The molecule has 0 aliphatic heterocycles. The molecule has 100 valence electrons. The van der Waals surface area contributed by atoms with Crippen molar-refractivity contribution in [2.45, 2.75) is 33.0 Å². The molecule has 2 heterocycles. The van der Waals surface area contributed by atoms with Gasteiger partial charge in [-0.25, -0.2) is 0 Å². The van der Waals surface area contributed by atoms with Gasteiger partial charge in [-0.15, -0.1) is 0 Å². The molecule has 0 saturated heterocycles. The highest BCUT2D eigenvalue weighted by Crippen LogP contribution is 2.24. The Morgan fingerprint density at radius 3 is 2.26 bits per heavy atom. The molecule has 0 radical (unpaired) electrons. The Bertz CT molecular complexity index is 555. The zero-order valence-corrected chi connectivity index (χ0v) is 11.4. The van der Waals surface area contributed by atoms with E-state index in [1.165, 1.54) is 0 Å². The lowest BCUT2D eigenvalue weighted by Crippen LogP contribution is -2.07. The van der Waals surface area contributed by atoms with E-state index in [9.17, 15) is 5.11 Å². The van der Waals surface area contributed by atoms with E-state index in [2.05, 4.69) is 9.97 Å². The number of pyridine rings is 2. The van der Waals surface area contributed by atoms with Crippen LogP contribution in [0.15, 0.2) is 36.9 Å². The lowest BCUT2D eigenvalue weighted by Gasteiger charge is -2.14. The summed E-state index contributed by atoms with van der Waals surface area (Å²) in [5.74, 6) is 0.659. The lowest BCUT2D eigenvalue weighted by atomic mass is 10.0. The molecule has 0 aromatic carbocycles. The number of ether oxygens (including phenoxy) is 1. The molecule has 0 aliphatic carbocycles. The third-order valence-electron chi connectivity index (χ3n) is 2.63. The summed E-state index contributed by atoms with van der Waals surface area (Å²) in [6.07, 6.45) is 6.04. The van der Waals surface area contributed by atoms with Gasteiger partial charge in [0.05, 0.1) is 12.3 Å². The summed E-state index contributed by atoms with van der Waals surface area (Å²) < 4.78 is 5.58. The monoisotopic (exact) mass is 258 g/mol. The molecule has 2 aromatic rings. The summed E-state index contributed by atoms with van der Waals surface area (Å²) in [6, 6.07) is 3.72. The Morgan fingerprint density at radius 2 is 1.63 bits per heavy atom. The van der Waals surface area contributed by atoms with Crippen molar-refractivity contribution in [2.75, 3.05) is 0 Å². The van der Waals surface area contributed by atoms with Gasteiger partial charge in [0.15, 0.2) is 0 Å². The first-order valence-electron chi connectivity index (χ1n) is 6.27. The lowest BCUT2D eigenvalue weighted by molar-refractivity contribution is 0.215. The fraction of sp³-hybridized carbons (Fsp3) is 0.333. The van der Waals surface area contributed by atoms with Crippen molar-refractivity contribution in [3.63, 3.8) is 0 Å². The van der Waals surface area contributed by atoms with Gasteiger partial charge in [-0.05, 0) is 32.4 Å². The van der Waals surface area contributed by atoms with E-state index in [1.807, 2.05) is 26.8 Å². The van der Waals surface area contributed by atoms with E-state index in [-0.39, 0.29) is 6.10 Å². The average Bonchev–Trinajstić information content (AvgIpc) is 2.37. The van der Waals surface area contributed by atoms with Gasteiger partial charge >= 0.3 is 0 Å². The standard InChI is InChI=1S/C15H18N2O2/c1-10(2)19-14-5-13(8-17-9-14)15(18)12-4-11(3)6-16-7-12/h4-10,15,18H,1-3H3. The molecule has 0 saturated carbocycles. The summed E-state index contributed by atoms with van der Waals surface area (Å²) in [7, 11) is 0. The van der Waals surface area contributed by atoms with Gasteiger partial charge in [0, 0.05) is 29.7 Å². The molecular formula is C15H18N2O2. The summed E-state index contributed by atoms with van der Waals surface area (Å²) in [5.41, 5.74) is 2.47. The minimum Gasteiger partial charge on any atom is -0.489 e. The summed E-state index contributed by atoms with van der Waals surface area (Å²) in [4.78, 5) is 8.19. The average molecular weight is 258 g/mol. The molecule has 0 bridgehead atoms. The van der Waals surface area contributed by atoms with Crippen LogP contribution in [0.5, 0.6) is 5.75 Å². The Morgan fingerprint density at radius 1 is 1.00 bits per heavy atom. The van der Waals surface area contributed by atoms with E-state index < -0.39 is 6.10 Å². The molecule has 0 spiro atoms. The quantitative estimate of drug-likeness (QED) is 0.916. The first-order valence-corrected chi connectivity index (χ1v) is 6.27. The van der Waals surface area contributed by atoms with Crippen molar-refractivity contribution in [3.05, 3.63) is 53.6 Å². The van der Waals surface area contributed by atoms with E-state index >= 15 is 0 Å². The van der Waals surface area contributed by atoms with Gasteiger partial charge in [0.1, 0.15) is 11.9 Å². The first kappa shape index (κ1) is 13.5. The zero-order chi connectivity index (χ0) is 13.8. The predicted molar refractivity (Wildman–Crippen MR) is 73.0 cm³/mol. The fourth-order valence-electron chi connectivity index (χ4n) is 1.84. The molecule has 0 amide bonds. The van der Waals surface area contributed by atoms with Crippen LogP contribution in [-0.4, -0.2) is 21.2 Å². The number of aryl methyl sites for hydroxylation is 1. The van der Waals surface area contributed by atoms with Crippen LogP contribution in [0, 0.1) is 6.92 Å². The SMILES string of the molecule is Cc1cncc(C(O)c2cncc(OC(C)C)c2)c1. The fourth-order valence-corrected chi connectivity index (χ4v) is 1.84. The number of nitrogens with zero attached hydrogens (tertiary/aromatic N) is 2. The van der Waals surface area contributed by atoms with Crippen LogP contribution >= 0.6 is 0 Å². The first-order chi connectivity index (χ1) is 9.06. The van der Waals surface area contributed by atoms with Crippen molar-refractivity contribution >= 4 is 0 Å². The molecular weight excluding hydrogens is 240 g/mol. The van der Waals surface area contributed by atoms with E-state index in [0.717, 1.165) is 11.1 Å². The van der Waals surface area contributed by atoms with E-state index in [4.69, 9.17) is 4.74 Å². The normalized spacial score (nSPS) is 12.5. The maximum atomic E-state index is 10.3. The number of aliphatic hydroxyl groups excluding tert-OH is 1. The van der Waals surface area contributed by atoms with Gasteiger partial charge in [-0.3, -0.25) is 9.97 Å². The van der Waals surface area contributed by atoms with Gasteiger partial charge in [-0.2, -0.15) is 0 Å². The number of rotatable bonds is 4. The third kappa shape index (κ3) is 3.51. The molecule has 19 heavy (non-hydrogen) atoms. The highest BCUT2D eigenvalue weighted by molar-refractivity contribution is 5.32. The second-order valence-electron chi connectivity index (χ2n) is 4.82. The number of aromatic nitrogens is 2. The van der Waals surface area contributed by atoms with Crippen molar-refractivity contribution in [3.8, 4) is 5.75 Å². The minimum absolute atomic E-state index is 0.0785. The van der Waals surface area contributed by atoms with Gasteiger partial charge in [-0.1, -0.05) is 6.07 Å². The van der Waals surface area contributed by atoms with E-state index in [1.54, 1.807) is 30.9 Å². The molecule has 4 nitrogen and oxygen atoms in total. The van der Waals surface area contributed by atoms with E-state index in [0.29, 0.717) is 11.3 Å². The van der Waals surface area contributed by atoms with Crippen LogP contribution in [0.1, 0.15) is 36.6 Å². The summed E-state index contributed by atoms with van der Waals surface area (Å²) in [5, 5.41) is 10.3. The molecule has 1 N–H and O–H groups in total.